The lowest BCUT2D eigenvalue weighted by Gasteiger charge is -2.08. The molecule has 3 rings (SSSR count). The standard InChI is InChI=1S/C16H13FN4O2S/c1-10-19-20-16(24-10)18-15(23)12-4-7-14(22)21(9-12)8-11-2-5-13(17)6-3-11/h2-7,9H,8H2,1H3,(H,18,20,23). The molecule has 0 aliphatic carbocycles. The summed E-state index contributed by atoms with van der Waals surface area (Å²) in [6, 6.07) is 8.62. The average Bonchev–Trinajstić information content (AvgIpc) is 2.96. The van der Waals surface area contributed by atoms with Crippen LogP contribution in [0.2, 0.25) is 0 Å². The molecule has 0 aliphatic heterocycles. The van der Waals surface area contributed by atoms with Crippen LogP contribution < -0.4 is 10.9 Å². The summed E-state index contributed by atoms with van der Waals surface area (Å²) < 4.78 is 14.3. The fourth-order valence-electron chi connectivity index (χ4n) is 2.09. The van der Waals surface area contributed by atoms with Crippen molar-refractivity contribution < 1.29 is 9.18 Å². The lowest BCUT2D eigenvalue weighted by molar-refractivity contribution is 0.102. The van der Waals surface area contributed by atoms with Crippen LogP contribution in [0.25, 0.3) is 0 Å². The van der Waals surface area contributed by atoms with Crippen LogP contribution in [0.1, 0.15) is 20.9 Å². The van der Waals surface area contributed by atoms with Crippen molar-refractivity contribution in [1.82, 2.24) is 14.8 Å². The van der Waals surface area contributed by atoms with E-state index < -0.39 is 0 Å². The second-order valence-electron chi connectivity index (χ2n) is 5.09. The summed E-state index contributed by atoms with van der Waals surface area (Å²) in [5.74, 6) is -0.717. The molecule has 0 saturated carbocycles. The van der Waals surface area contributed by atoms with Gasteiger partial charge in [0.15, 0.2) is 0 Å². The first-order valence-corrected chi connectivity index (χ1v) is 7.89. The molecular formula is C16H13FN4O2S. The topological polar surface area (TPSA) is 76.9 Å². The number of anilines is 1. The number of carbonyl (C=O) groups excluding carboxylic acids is 1. The zero-order valence-electron chi connectivity index (χ0n) is 12.7. The molecule has 0 saturated heterocycles. The number of pyridine rings is 1. The second-order valence-corrected chi connectivity index (χ2v) is 6.27. The third-order valence-electron chi connectivity index (χ3n) is 3.26. The number of nitrogens with zero attached hydrogens (tertiary/aromatic N) is 3. The minimum absolute atomic E-state index is 0.248. The van der Waals surface area contributed by atoms with Crippen LogP contribution >= 0.6 is 11.3 Å². The molecule has 0 bridgehead atoms. The third-order valence-corrected chi connectivity index (χ3v) is 4.01. The van der Waals surface area contributed by atoms with Gasteiger partial charge in [-0.1, -0.05) is 23.5 Å². The summed E-state index contributed by atoms with van der Waals surface area (Å²) in [5, 5.41) is 11.4. The second kappa shape index (κ2) is 6.71. The van der Waals surface area contributed by atoms with Gasteiger partial charge in [0.2, 0.25) is 5.13 Å². The van der Waals surface area contributed by atoms with Crippen molar-refractivity contribution in [2.45, 2.75) is 13.5 Å². The van der Waals surface area contributed by atoms with Gasteiger partial charge >= 0.3 is 0 Å². The summed E-state index contributed by atoms with van der Waals surface area (Å²) >= 11 is 1.26. The summed E-state index contributed by atoms with van der Waals surface area (Å²) in [7, 11) is 0. The molecule has 6 nitrogen and oxygen atoms in total. The zero-order valence-corrected chi connectivity index (χ0v) is 13.5. The van der Waals surface area contributed by atoms with Gasteiger partial charge in [0.25, 0.3) is 11.5 Å². The van der Waals surface area contributed by atoms with Crippen LogP contribution in [0, 0.1) is 12.7 Å². The van der Waals surface area contributed by atoms with E-state index in [0.29, 0.717) is 10.7 Å². The number of rotatable bonds is 4. The summed E-state index contributed by atoms with van der Waals surface area (Å²) in [6.45, 7) is 2.04. The van der Waals surface area contributed by atoms with Gasteiger partial charge in [0.05, 0.1) is 12.1 Å². The van der Waals surface area contributed by atoms with Crippen LogP contribution in [0.15, 0.2) is 47.4 Å². The van der Waals surface area contributed by atoms with Gasteiger partial charge in [-0.2, -0.15) is 0 Å². The van der Waals surface area contributed by atoms with E-state index in [0.717, 1.165) is 10.6 Å². The van der Waals surface area contributed by atoms with Gasteiger partial charge in [-0.15, -0.1) is 10.2 Å². The number of halogens is 1. The Bertz CT molecular complexity index is 934. The van der Waals surface area contributed by atoms with E-state index in [1.807, 2.05) is 0 Å². The van der Waals surface area contributed by atoms with Gasteiger partial charge < -0.3 is 4.57 Å². The Morgan fingerprint density at radius 2 is 1.96 bits per heavy atom. The first-order chi connectivity index (χ1) is 11.5. The van der Waals surface area contributed by atoms with Crippen molar-refractivity contribution in [1.29, 1.82) is 0 Å². The van der Waals surface area contributed by atoms with Crippen LogP contribution in [-0.2, 0) is 6.54 Å². The normalized spacial score (nSPS) is 10.6. The number of aryl methyl sites for hydroxylation is 1. The van der Waals surface area contributed by atoms with Gasteiger partial charge in [-0.3, -0.25) is 14.9 Å². The van der Waals surface area contributed by atoms with Crippen molar-refractivity contribution in [3.63, 3.8) is 0 Å². The molecule has 122 valence electrons. The van der Waals surface area contributed by atoms with Crippen LogP contribution in [-0.4, -0.2) is 20.7 Å². The Balaban J connectivity index is 1.81. The fourth-order valence-corrected chi connectivity index (χ4v) is 2.68. The van der Waals surface area contributed by atoms with Crippen molar-refractivity contribution in [3.8, 4) is 0 Å². The van der Waals surface area contributed by atoms with Crippen LogP contribution in [0.5, 0.6) is 0 Å². The molecule has 0 fully saturated rings. The maximum Gasteiger partial charge on any atom is 0.258 e. The lowest BCUT2D eigenvalue weighted by Crippen LogP contribution is -2.22. The summed E-state index contributed by atoms with van der Waals surface area (Å²) in [6.07, 6.45) is 1.47. The van der Waals surface area contributed by atoms with Crippen molar-refractivity contribution >= 4 is 22.4 Å². The Morgan fingerprint density at radius 3 is 2.62 bits per heavy atom. The number of nitrogens with one attached hydrogen (secondary N) is 1. The number of hydrogen-bond donors (Lipinski definition) is 1. The third kappa shape index (κ3) is 3.72. The summed E-state index contributed by atoms with van der Waals surface area (Å²) in [4.78, 5) is 24.2. The highest BCUT2D eigenvalue weighted by atomic mass is 32.1. The zero-order chi connectivity index (χ0) is 17.1. The van der Waals surface area contributed by atoms with E-state index in [1.165, 1.54) is 46.4 Å². The maximum atomic E-state index is 13.0. The van der Waals surface area contributed by atoms with E-state index in [2.05, 4.69) is 15.5 Å². The van der Waals surface area contributed by atoms with E-state index in [1.54, 1.807) is 19.1 Å². The lowest BCUT2D eigenvalue weighted by atomic mass is 10.2. The molecule has 1 aromatic carbocycles. The maximum absolute atomic E-state index is 13.0. The van der Waals surface area contributed by atoms with Gasteiger partial charge in [-0.25, -0.2) is 4.39 Å². The minimum Gasteiger partial charge on any atom is -0.310 e. The van der Waals surface area contributed by atoms with Gasteiger partial charge in [0, 0.05) is 12.3 Å². The number of hydrogen-bond acceptors (Lipinski definition) is 5. The largest absolute Gasteiger partial charge is 0.310 e. The molecular weight excluding hydrogens is 331 g/mol. The van der Waals surface area contributed by atoms with Crippen molar-refractivity contribution in [2.24, 2.45) is 0 Å². The number of aromatic nitrogens is 3. The number of amides is 1. The highest BCUT2D eigenvalue weighted by molar-refractivity contribution is 7.15. The van der Waals surface area contributed by atoms with Gasteiger partial charge in [-0.05, 0) is 30.7 Å². The van der Waals surface area contributed by atoms with E-state index in [9.17, 15) is 14.0 Å². The highest BCUT2D eigenvalue weighted by Gasteiger charge is 2.11. The molecule has 1 amide bonds. The first kappa shape index (κ1) is 16.0. The molecule has 2 heterocycles. The van der Waals surface area contributed by atoms with E-state index in [-0.39, 0.29) is 23.8 Å². The molecule has 1 N–H and O–H groups in total. The molecule has 24 heavy (non-hydrogen) atoms. The number of carbonyl (C=O) groups is 1. The molecule has 0 aliphatic rings. The average molecular weight is 344 g/mol. The fraction of sp³-hybridized carbons (Fsp3) is 0.125. The van der Waals surface area contributed by atoms with E-state index >= 15 is 0 Å². The van der Waals surface area contributed by atoms with Gasteiger partial charge in [0.1, 0.15) is 10.8 Å². The van der Waals surface area contributed by atoms with Crippen molar-refractivity contribution in [3.05, 3.63) is 74.9 Å². The van der Waals surface area contributed by atoms with Crippen LogP contribution in [0.3, 0.4) is 0 Å². The Labute approximate surface area is 140 Å². The molecule has 0 atom stereocenters. The Hall–Kier alpha value is -2.87. The Kier molecular flexibility index (Phi) is 4.48. The monoisotopic (exact) mass is 344 g/mol. The molecule has 8 heteroatoms. The quantitative estimate of drug-likeness (QED) is 0.789. The molecule has 0 spiro atoms. The Morgan fingerprint density at radius 1 is 1.21 bits per heavy atom. The first-order valence-electron chi connectivity index (χ1n) is 7.08. The molecule has 2 aromatic heterocycles. The highest BCUT2D eigenvalue weighted by Crippen LogP contribution is 2.14. The van der Waals surface area contributed by atoms with Crippen LogP contribution in [0.4, 0.5) is 9.52 Å². The summed E-state index contributed by atoms with van der Waals surface area (Å²) in [5.41, 5.74) is 0.836. The molecule has 0 radical (unpaired) electrons. The predicted molar refractivity (Wildman–Crippen MR) is 88.8 cm³/mol. The SMILES string of the molecule is Cc1nnc(NC(=O)c2ccc(=O)n(Cc3ccc(F)cc3)c2)s1. The molecule has 0 unspecified atom stereocenters. The molecule has 3 aromatic rings. The minimum atomic E-state index is -0.376. The smallest absolute Gasteiger partial charge is 0.258 e. The van der Waals surface area contributed by atoms with E-state index in [4.69, 9.17) is 0 Å². The predicted octanol–water partition coefficient (Wildman–Crippen LogP) is 2.45. The number of benzene rings is 1. The van der Waals surface area contributed by atoms with Crippen molar-refractivity contribution in [2.75, 3.05) is 5.32 Å².